The van der Waals surface area contributed by atoms with Gasteiger partial charge < -0.3 is 4.74 Å². The van der Waals surface area contributed by atoms with E-state index >= 15 is 0 Å². The minimum absolute atomic E-state index is 0.162. The summed E-state index contributed by atoms with van der Waals surface area (Å²) in [5.41, 5.74) is 0.424. The van der Waals surface area contributed by atoms with Gasteiger partial charge in [0.05, 0.1) is 0 Å². The van der Waals surface area contributed by atoms with Crippen molar-refractivity contribution in [2.45, 2.75) is 17.2 Å². The maximum Gasteiger partial charge on any atom is 0.411 e. The standard InChI is InChI=1S/C13H16N2O2S2/c1-4-10(2)15-13(16)17-9-11(3)18-19-12-7-5-6-8-14-12/h4-8,11H,1-2,9H2,3H3,(H,15,16). The molecule has 19 heavy (non-hydrogen) atoms. The van der Waals surface area contributed by atoms with E-state index in [0.717, 1.165) is 5.03 Å². The van der Waals surface area contributed by atoms with Crippen LogP contribution in [0.15, 0.2) is 54.4 Å². The Labute approximate surface area is 121 Å². The molecule has 0 bridgehead atoms. The zero-order valence-corrected chi connectivity index (χ0v) is 12.3. The summed E-state index contributed by atoms with van der Waals surface area (Å²) in [7, 11) is 3.16. The summed E-state index contributed by atoms with van der Waals surface area (Å²) in [6.45, 7) is 9.36. The number of alkyl carbamates (subject to hydrolysis) is 1. The lowest BCUT2D eigenvalue weighted by atomic mass is 10.5. The largest absolute Gasteiger partial charge is 0.448 e. The predicted molar refractivity (Wildman–Crippen MR) is 81.0 cm³/mol. The summed E-state index contributed by atoms with van der Waals surface area (Å²) in [5.74, 6) is 0. The van der Waals surface area contributed by atoms with Gasteiger partial charge in [0.15, 0.2) is 0 Å². The molecular weight excluding hydrogens is 280 g/mol. The number of nitrogens with zero attached hydrogens (tertiary/aromatic N) is 1. The van der Waals surface area contributed by atoms with Crippen LogP contribution in [0, 0.1) is 0 Å². The quantitative estimate of drug-likeness (QED) is 0.615. The summed E-state index contributed by atoms with van der Waals surface area (Å²) >= 11 is 0. The number of carbonyl (C=O) groups excluding carboxylic acids is 1. The van der Waals surface area contributed by atoms with Crippen LogP contribution in [0.25, 0.3) is 0 Å². The van der Waals surface area contributed by atoms with Gasteiger partial charge in [-0.1, -0.05) is 30.0 Å². The molecule has 0 radical (unpaired) electrons. The second kappa shape index (κ2) is 8.66. The summed E-state index contributed by atoms with van der Waals surface area (Å²) in [4.78, 5) is 15.5. The van der Waals surface area contributed by atoms with E-state index in [1.807, 2.05) is 25.1 Å². The average Bonchev–Trinajstić information content (AvgIpc) is 2.43. The summed E-state index contributed by atoms with van der Waals surface area (Å²) < 4.78 is 5.05. The van der Waals surface area contributed by atoms with E-state index in [9.17, 15) is 4.79 Å². The van der Waals surface area contributed by atoms with E-state index in [-0.39, 0.29) is 5.25 Å². The fourth-order valence-corrected chi connectivity index (χ4v) is 2.84. The maximum absolute atomic E-state index is 11.3. The van der Waals surface area contributed by atoms with Crippen LogP contribution in [0.2, 0.25) is 0 Å². The molecule has 1 amide bonds. The van der Waals surface area contributed by atoms with Gasteiger partial charge in [0, 0.05) is 17.1 Å². The van der Waals surface area contributed by atoms with Crippen LogP contribution in [0.4, 0.5) is 4.79 Å². The molecule has 0 saturated carbocycles. The Kier molecular flexibility index (Phi) is 7.14. The zero-order valence-electron chi connectivity index (χ0n) is 10.7. The Morgan fingerprint density at radius 3 is 3.05 bits per heavy atom. The minimum Gasteiger partial charge on any atom is -0.448 e. The topological polar surface area (TPSA) is 51.2 Å². The molecule has 102 valence electrons. The number of rotatable bonds is 7. The normalized spacial score (nSPS) is 11.4. The number of hydrogen-bond acceptors (Lipinski definition) is 5. The van der Waals surface area contributed by atoms with Gasteiger partial charge >= 0.3 is 6.09 Å². The highest BCUT2D eigenvalue weighted by Crippen LogP contribution is 2.32. The molecule has 4 nitrogen and oxygen atoms in total. The molecular formula is C13H16N2O2S2. The van der Waals surface area contributed by atoms with Crippen molar-refractivity contribution < 1.29 is 9.53 Å². The molecule has 0 aromatic carbocycles. The number of allylic oxidation sites excluding steroid dienone is 1. The Morgan fingerprint density at radius 1 is 1.63 bits per heavy atom. The van der Waals surface area contributed by atoms with Gasteiger partial charge in [-0.15, -0.1) is 0 Å². The first kappa shape index (κ1) is 15.7. The third-order valence-electron chi connectivity index (χ3n) is 1.89. The number of aromatic nitrogens is 1. The lowest BCUT2D eigenvalue weighted by molar-refractivity contribution is 0.151. The van der Waals surface area contributed by atoms with Crippen LogP contribution >= 0.6 is 21.6 Å². The second-order valence-corrected chi connectivity index (χ2v) is 6.27. The van der Waals surface area contributed by atoms with Crippen molar-refractivity contribution in [3.05, 3.63) is 49.3 Å². The van der Waals surface area contributed by atoms with E-state index in [1.165, 1.54) is 6.08 Å². The van der Waals surface area contributed by atoms with Gasteiger partial charge in [-0.3, -0.25) is 5.32 Å². The zero-order chi connectivity index (χ0) is 14.1. The molecule has 0 saturated heterocycles. The van der Waals surface area contributed by atoms with Crippen molar-refractivity contribution in [1.29, 1.82) is 0 Å². The number of pyridine rings is 1. The van der Waals surface area contributed by atoms with Crippen LogP contribution in [0.1, 0.15) is 6.92 Å². The maximum atomic E-state index is 11.3. The molecule has 0 fully saturated rings. The Hall–Kier alpha value is -1.40. The van der Waals surface area contributed by atoms with Gasteiger partial charge in [-0.2, -0.15) is 0 Å². The first-order chi connectivity index (χ1) is 9.11. The fourth-order valence-electron chi connectivity index (χ4n) is 0.967. The summed E-state index contributed by atoms with van der Waals surface area (Å²) in [6.07, 6.45) is 2.69. The molecule has 1 heterocycles. The Bertz CT molecular complexity index is 438. The first-order valence-electron chi connectivity index (χ1n) is 5.61. The average molecular weight is 296 g/mol. The summed E-state index contributed by atoms with van der Waals surface area (Å²) in [6, 6.07) is 5.75. The molecule has 1 rings (SSSR count). The molecule has 1 atom stereocenters. The first-order valence-corrected chi connectivity index (χ1v) is 7.82. The molecule has 1 unspecified atom stereocenters. The van der Waals surface area contributed by atoms with Crippen LogP contribution in [0.3, 0.4) is 0 Å². The SMILES string of the molecule is C=CC(=C)NC(=O)OCC(C)SSc1ccccn1. The highest BCUT2D eigenvalue weighted by Gasteiger charge is 2.09. The lowest BCUT2D eigenvalue weighted by Gasteiger charge is -2.11. The minimum atomic E-state index is -0.514. The van der Waals surface area contributed by atoms with Crippen molar-refractivity contribution >= 4 is 27.7 Å². The van der Waals surface area contributed by atoms with Gasteiger partial charge in [0.25, 0.3) is 0 Å². The number of amides is 1. The predicted octanol–water partition coefficient (Wildman–Crippen LogP) is 3.64. The highest BCUT2D eigenvalue weighted by atomic mass is 33.1. The van der Waals surface area contributed by atoms with Gasteiger partial charge in [0.2, 0.25) is 0 Å². The second-order valence-electron chi connectivity index (χ2n) is 3.61. The van der Waals surface area contributed by atoms with E-state index < -0.39 is 6.09 Å². The van der Waals surface area contributed by atoms with E-state index in [1.54, 1.807) is 27.8 Å². The van der Waals surface area contributed by atoms with Crippen molar-refractivity contribution in [2.75, 3.05) is 6.61 Å². The van der Waals surface area contributed by atoms with Gasteiger partial charge in [0.1, 0.15) is 11.6 Å². The van der Waals surface area contributed by atoms with Crippen molar-refractivity contribution in [1.82, 2.24) is 10.3 Å². The third kappa shape index (κ3) is 6.93. The molecule has 0 aliphatic heterocycles. The highest BCUT2D eigenvalue weighted by molar-refractivity contribution is 8.76. The Morgan fingerprint density at radius 2 is 2.42 bits per heavy atom. The molecule has 1 N–H and O–H groups in total. The monoisotopic (exact) mass is 296 g/mol. The fraction of sp³-hybridized carbons (Fsp3) is 0.231. The van der Waals surface area contributed by atoms with Crippen LogP contribution in [-0.4, -0.2) is 22.9 Å². The molecule has 0 aliphatic rings. The van der Waals surface area contributed by atoms with Crippen LogP contribution < -0.4 is 5.32 Å². The number of carbonyl (C=O) groups is 1. The van der Waals surface area contributed by atoms with Crippen molar-refractivity contribution in [3.63, 3.8) is 0 Å². The van der Waals surface area contributed by atoms with Crippen molar-refractivity contribution in [3.8, 4) is 0 Å². The van der Waals surface area contributed by atoms with Gasteiger partial charge in [-0.25, -0.2) is 9.78 Å². The number of nitrogens with one attached hydrogen (secondary N) is 1. The molecule has 0 aliphatic carbocycles. The van der Waals surface area contributed by atoms with Crippen molar-refractivity contribution in [2.24, 2.45) is 0 Å². The molecule has 0 spiro atoms. The van der Waals surface area contributed by atoms with Crippen LogP contribution in [-0.2, 0) is 4.74 Å². The number of ether oxygens (including phenoxy) is 1. The lowest BCUT2D eigenvalue weighted by Crippen LogP contribution is -2.24. The molecule has 1 aromatic rings. The number of hydrogen-bond donors (Lipinski definition) is 1. The van der Waals surface area contributed by atoms with E-state index in [4.69, 9.17) is 4.74 Å². The van der Waals surface area contributed by atoms with E-state index in [0.29, 0.717) is 12.3 Å². The Balaban J connectivity index is 2.21. The summed E-state index contributed by atoms with van der Waals surface area (Å²) in [5, 5.41) is 3.55. The van der Waals surface area contributed by atoms with Crippen LogP contribution in [0.5, 0.6) is 0 Å². The molecule has 1 aromatic heterocycles. The van der Waals surface area contributed by atoms with Gasteiger partial charge in [-0.05, 0) is 35.9 Å². The third-order valence-corrected chi connectivity index (χ3v) is 4.65. The van der Waals surface area contributed by atoms with E-state index in [2.05, 4.69) is 23.5 Å². The molecule has 6 heteroatoms. The smallest absolute Gasteiger partial charge is 0.411 e.